The molecular formula is C25H42N2O4Si2. The van der Waals surface area contributed by atoms with Gasteiger partial charge in [0.1, 0.15) is 5.75 Å². The molecule has 3 rings (SSSR count). The molecule has 1 fully saturated rings. The molecule has 0 saturated carbocycles. The first-order chi connectivity index (χ1) is 15.0. The highest BCUT2D eigenvalue weighted by atomic mass is 28.4. The van der Waals surface area contributed by atoms with Crippen LogP contribution in [0.5, 0.6) is 5.75 Å². The zero-order valence-corrected chi connectivity index (χ0v) is 24.3. The molecule has 1 aromatic carbocycles. The van der Waals surface area contributed by atoms with Crippen molar-refractivity contribution in [3.63, 3.8) is 0 Å². The normalized spacial score (nSPS) is 24.0. The van der Waals surface area contributed by atoms with E-state index in [0.717, 1.165) is 17.0 Å². The molecule has 2 heterocycles. The minimum absolute atomic E-state index is 0.0256. The van der Waals surface area contributed by atoms with E-state index in [0.29, 0.717) is 13.0 Å². The SMILES string of the molecule is COc1ccc(C2=NO[C@@]3(C2)C(=O)N([Si](C)(C)C(C)(C)C)[C@@H]3CO[Si](C)(C)C(C)(C)C)cc1. The van der Waals surface area contributed by atoms with Crippen LogP contribution < -0.4 is 4.74 Å². The number of hydrogen-bond acceptors (Lipinski definition) is 5. The van der Waals surface area contributed by atoms with E-state index < -0.39 is 22.2 Å². The standard InChI is InChI=1S/C25H42N2O4Si2/c1-23(2,3)32(8,9)27-21(17-30-33(10,11)24(4,5)6)25(22(27)28)16-20(26-31-25)18-12-14-19(29-7)15-13-18/h12-15,21H,16-17H2,1-11H3/t21-,25-/m1/s1. The number of β-lactam (4-membered cyclic amide) rings is 1. The summed E-state index contributed by atoms with van der Waals surface area (Å²) in [6.07, 6.45) is 0.467. The molecule has 2 atom stereocenters. The summed E-state index contributed by atoms with van der Waals surface area (Å²) in [7, 11) is -2.47. The Hall–Kier alpha value is -1.65. The van der Waals surface area contributed by atoms with Gasteiger partial charge in [0.25, 0.3) is 5.91 Å². The Morgan fingerprint density at radius 2 is 1.64 bits per heavy atom. The summed E-state index contributed by atoms with van der Waals surface area (Å²) in [4.78, 5) is 19.8. The van der Waals surface area contributed by atoms with Gasteiger partial charge < -0.3 is 18.6 Å². The Bertz CT molecular complexity index is 929. The highest BCUT2D eigenvalue weighted by Gasteiger charge is 2.70. The second-order valence-electron chi connectivity index (χ2n) is 12.5. The van der Waals surface area contributed by atoms with Crippen LogP contribution in [0.1, 0.15) is 53.5 Å². The van der Waals surface area contributed by atoms with Crippen molar-refractivity contribution < 1.29 is 18.8 Å². The predicted molar refractivity (Wildman–Crippen MR) is 139 cm³/mol. The minimum Gasteiger partial charge on any atom is -0.497 e. The highest BCUT2D eigenvalue weighted by Crippen LogP contribution is 2.51. The van der Waals surface area contributed by atoms with Gasteiger partial charge >= 0.3 is 0 Å². The fraction of sp³-hybridized carbons (Fsp3) is 0.680. The Balaban J connectivity index is 1.90. The van der Waals surface area contributed by atoms with Crippen molar-refractivity contribution in [3.05, 3.63) is 29.8 Å². The van der Waals surface area contributed by atoms with Gasteiger partial charge in [-0.25, -0.2) is 0 Å². The molecule has 1 saturated heterocycles. The van der Waals surface area contributed by atoms with Crippen molar-refractivity contribution in [1.82, 2.24) is 4.57 Å². The van der Waals surface area contributed by atoms with Crippen LogP contribution >= 0.6 is 0 Å². The molecule has 6 nitrogen and oxygen atoms in total. The molecule has 0 aromatic heterocycles. The maximum atomic E-state index is 13.8. The van der Waals surface area contributed by atoms with Crippen LogP contribution in [0, 0.1) is 0 Å². The summed E-state index contributed by atoms with van der Waals surface area (Å²) >= 11 is 0. The molecule has 0 bridgehead atoms. The second-order valence-corrected chi connectivity index (χ2v) is 22.4. The van der Waals surface area contributed by atoms with Crippen molar-refractivity contribution in [2.45, 2.75) is 95.9 Å². The van der Waals surface area contributed by atoms with Gasteiger partial charge in [-0.3, -0.25) is 4.79 Å². The average Bonchev–Trinajstić information content (AvgIpc) is 3.17. The first kappa shape index (κ1) is 26.0. The topological polar surface area (TPSA) is 60.4 Å². The van der Waals surface area contributed by atoms with Gasteiger partial charge in [-0.15, -0.1) is 0 Å². The predicted octanol–water partition coefficient (Wildman–Crippen LogP) is 5.80. The quantitative estimate of drug-likeness (QED) is 0.374. The molecular weight excluding hydrogens is 448 g/mol. The summed E-state index contributed by atoms with van der Waals surface area (Å²) in [5.41, 5.74) is 0.793. The second kappa shape index (κ2) is 8.24. The first-order valence-electron chi connectivity index (χ1n) is 11.9. The van der Waals surface area contributed by atoms with E-state index >= 15 is 0 Å². The monoisotopic (exact) mass is 490 g/mol. The first-order valence-corrected chi connectivity index (χ1v) is 17.7. The summed E-state index contributed by atoms with van der Waals surface area (Å²) in [5, 5.41) is 4.53. The van der Waals surface area contributed by atoms with E-state index in [2.05, 4.69) is 77.5 Å². The van der Waals surface area contributed by atoms with Crippen molar-refractivity contribution in [1.29, 1.82) is 0 Å². The molecule has 1 aromatic rings. The van der Waals surface area contributed by atoms with Gasteiger partial charge in [-0.05, 0) is 53.0 Å². The van der Waals surface area contributed by atoms with Crippen molar-refractivity contribution in [2.24, 2.45) is 5.16 Å². The molecule has 8 heteroatoms. The molecule has 0 radical (unpaired) electrons. The zero-order valence-electron chi connectivity index (χ0n) is 22.3. The van der Waals surface area contributed by atoms with Gasteiger partial charge in [-0.1, -0.05) is 59.8 Å². The lowest BCUT2D eigenvalue weighted by Gasteiger charge is -2.61. The average molecular weight is 491 g/mol. The maximum absolute atomic E-state index is 13.8. The van der Waals surface area contributed by atoms with Crippen LogP contribution in [-0.4, -0.2) is 58.1 Å². The summed E-state index contributed by atoms with van der Waals surface area (Å²) in [6.45, 7) is 23.0. The number of carbonyl (C=O) groups is 1. The smallest absolute Gasteiger partial charge is 0.264 e. The van der Waals surface area contributed by atoms with Gasteiger partial charge in [0.05, 0.1) is 25.5 Å². The Kier molecular flexibility index (Phi) is 6.48. The number of nitrogens with zero attached hydrogens (tertiary/aromatic N) is 2. The van der Waals surface area contributed by atoms with Crippen LogP contribution in [-0.2, 0) is 14.1 Å². The third-order valence-corrected chi connectivity index (χ3v) is 18.3. The Morgan fingerprint density at radius 1 is 1.06 bits per heavy atom. The van der Waals surface area contributed by atoms with Crippen LogP contribution in [0.2, 0.25) is 36.3 Å². The number of rotatable bonds is 6. The van der Waals surface area contributed by atoms with E-state index in [1.165, 1.54) is 0 Å². The largest absolute Gasteiger partial charge is 0.497 e. The van der Waals surface area contributed by atoms with Crippen LogP contribution in [0.15, 0.2) is 29.4 Å². The maximum Gasteiger partial charge on any atom is 0.264 e. The number of benzene rings is 1. The Labute approximate surface area is 201 Å². The zero-order chi connectivity index (χ0) is 25.0. The number of ether oxygens (including phenoxy) is 1. The van der Waals surface area contributed by atoms with Gasteiger partial charge in [-0.2, -0.15) is 0 Å². The molecule has 33 heavy (non-hydrogen) atoms. The Morgan fingerprint density at radius 3 is 2.12 bits per heavy atom. The van der Waals surface area contributed by atoms with Crippen LogP contribution in [0.25, 0.3) is 0 Å². The third kappa shape index (κ3) is 4.30. The molecule has 1 spiro atoms. The van der Waals surface area contributed by atoms with E-state index in [1.807, 2.05) is 24.3 Å². The van der Waals surface area contributed by atoms with E-state index in [-0.39, 0.29) is 22.0 Å². The fourth-order valence-electron chi connectivity index (χ4n) is 4.03. The van der Waals surface area contributed by atoms with Crippen molar-refractivity contribution in [3.8, 4) is 5.75 Å². The minimum atomic E-state index is -2.13. The molecule has 0 N–H and O–H groups in total. The van der Waals surface area contributed by atoms with E-state index in [1.54, 1.807) is 7.11 Å². The lowest BCUT2D eigenvalue weighted by molar-refractivity contribution is -0.190. The van der Waals surface area contributed by atoms with Gasteiger partial charge in [0.15, 0.2) is 16.6 Å². The van der Waals surface area contributed by atoms with Crippen LogP contribution in [0.3, 0.4) is 0 Å². The van der Waals surface area contributed by atoms with Crippen molar-refractivity contribution >= 4 is 28.2 Å². The molecule has 1 amide bonds. The fourth-order valence-corrected chi connectivity index (χ4v) is 7.52. The number of amides is 1. The lowest BCUT2D eigenvalue weighted by atomic mass is 9.80. The van der Waals surface area contributed by atoms with Gasteiger partial charge in [0, 0.05) is 6.42 Å². The van der Waals surface area contributed by atoms with E-state index in [4.69, 9.17) is 14.0 Å². The number of carbonyl (C=O) groups excluding carboxylic acids is 1. The number of oxime groups is 1. The summed E-state index contributed by atoms with van der Waals surface area (Å²) < 4.78 is 14.1. The van der Waals surface area contributed by atoms with Crippen molar-refractivity contribution in [2.75, 3.05) is 13.7 Å². The van der Waals surface area contributed by atoms with Gasteiger partial charge in [0.2, 0.25) is 5.60 Å². The molecule has 2 aliphatic rings. The molecule has 0 aliphatic carbocycles. The lowest BCUT2D eigenvalue weighted by Crippen LogP contribution is -2.82. The number of hydrogen-bond donors (Lipinski definition) is 0. The third-order valence-electron chi connectivity index (χ3n) is 8.45. The molecule has 184 valence electrons. The highest BCUT2D eigenvalue weighted by molar-refractivity contribution is 6.80. The van der Waals surface area contributed by atoms with Crippen LogP contribution in [0.4, 0.5) is 0 Å². The summed E-state index contributed by atoms with van der Waals surface area (Å²) in [5.74, 6) is 0.850. The number of methoxy groups -OCH3 is 1. The molecule has 2 aliphatic heterocycles. The molecule has 0 unspecified atom stereocenters. The summed E-state index contributed by atoms with van der Waals surface area (Å²) in [6, 6.07) is 7.61. The van der Waals surface area contributed by atoms with E-state index in [9.17, 15) is 4.79 Å².